The Kier molecular flexibility index (Phi) is 6.72. The average Bonchev–Trinajstić information content (AvgIpc) is 2.67. The predicted molar refractivity (Wildman–Crippen MR) is 105 cm³/mol. The fourth-order valence-electron chi connectivity index (χ4n) is 3.66. The quantitative estimate of drug-likeness (QED) is 0.432. The van der Waals surface area contributed by atoms with Gasteiger partial charge in [0.2, 0.25) is 5.60 Å². The number of benzene rings is 1. The lowest BCUT2D eigenvalue weighted by molar-refractivity contribution is -0.311. The van der Waals surface area contributed by atoms with Gasteiger partial charge in [-0.1, -0.05) is 30.0 Å². The van der Waals surface area contributed by atoms with E-state index in [1.165, 1.54) is 0 Å². The first-order valence-electron chi connectivity index (χ1n) is 9.02. The molecule has 1 aromatic carbocycles. The summed E-state index contributed by atoms with van der Waals surface area (Å²) in [6.07, 6.45) is -4.28. The Morgan fingerprint density at radius 2 is 1.40 bits per heavy atom. The maximum atomic E-state index is 12.6. The van der Waals surface area contributed by atoms with Crippen molar-refractivity contribution >= 4 is 34.9 Å². The maximum absolute atomic E-state index is 12.6. The van der Waals surface area contributed by atoms with E-state index >= 15 is 0 Å². The van der Waals surface area contributed by atoms with E-state index in [0.29, 0.717) is 16.7 Å². The van der Waals surface area contributed by atoms with Crippen LogP contribution in [0.2, 0.25) is 0 Å². The molecule has 30 heavy (non-hydrogen) atoms. The van der Waals surface area contributed by atoms with E-state index in [2.05, 4.69) is 0 Å². The SMILES string of the molecule is CC(=O)C(O)[C@H]1O[C@@H](Sc2ccccc2)[C@](O)(C(C)=O)[C@](O)(C(C)=O)[C@@]1(O)C(C)=O. The van der Waals surface area contributed by atoms with Crippen molar-refractivity contribution in [3.8, 4) is 0 Å². The molecule has 1 aliphatic heterocycles. The molecule has 0 aromatic heterocycles. The second-order valence-corrected chi connectivity index (χ2v) is 8.42. The van der Waals surface area contributed by atoms with Gasteiger partial charge in [-0.3, -0.25) is 19.2 Å². The van der Waals surface area contributed by atoms with Crippen LogP contribution in [0, 0.1) is 0 Å². The molecule has 164 valence electrons. The molecule has 1 aromatic rings. The van der Waals surface area contributed by atoms with Crippen LogP contribution in [0.25, 0.3) is 0 Å². The van der Waals surface area contributed by atoms with Crippen LogP contribution >= 0.6 is 11.8 Å². The summed E-state index contributed by atoms with van der Waals surface area (Å²) in [7, 11) is 0. The Bertz CT molecular complexity index is 872. The van der Waals surface area contributed by atoms with Crippen LogP contribution in [0.4, 0.5) is 0 Å². The zero-order chi connectivity index (χ0) is 23.1. The Labute approximate surface area is 177 Å². The fourth-order valence-corrected chi connectivity index (χ4v) is 4.91. The van der Waals surface area contributed by atoms with Crippen LogP contribution in [0.15, 0.2) is 35.2 Å². The average molecular weight is 440 g/mol. The molecular formula is C20H24O9S. The predicted octanol–water partition coefficient (Wildman–Crippen LogP) is -0.586. The molecule has 0 spiro atoms. The highest BCUT2D eigenvalue weighted by Crippen LogP contribution is 2.51. The highest BCUT2D eigenvalue weighted by Gasteiger charge is 2.79. The van der Waals surface area contributed by atoms with Crippen LogP contribution in [0.1, 0.15) is 27.7 Å². The molecule has 6 atom stereocenters. The maximum Gasteiger partial charge on any atom is 0.200 e. The van der Waals surface area contributed by atoms with E-state index in [1.807, 2.05) is 0 Å². The summed E-state index contributed by atoms with van der Waals surface area (Å²) in [6.45, 7) is 3.36. The van der Waals surface area contributed by atoms with Gasteiger partial charge < -0.3 is 25.2 Å². The molecule has 10 heteroatoms. The minimum atomic E-state index is -3.41. The van der Waals surface area contributed by atoms with Gasteiger partial charge in [0.1, 0.15) is 17.6 Å². The highest BCUT2D eigenvalue weighted by atomic mass is 32.2. The number of ketones is 4. The normalized spacial score (nSPS) is 34.8. The highest BCUT2D eigenvalue weighted by molar-refractivity contribution is 8.00. The van der Waals surface area contributed by atoms with Crippen molar-refractivity contribution < 1.29 is 44.3 Å². The molecule has 9 nitrogen and oxygen atoms in total. The minimum Gasteiger partial charge on any atom is -0.382 e. The minimum absolute atomic E-state index is 0.442. The monoisotopic (exact) mass is 440 g/mol. The third-order valence-corrected chi connectivity index (χ3v) is 6.61. The molecule has 1 heterocycles. The number of ether oxygens (including phenoxy) is 1. The van der Waals surface area contributed by atoms with Gasteiger partial charge in [-0.15, -0.1) is 0 Å². The van der Waals surface area contributed by atoms with Crippen LogP contribution in [0.3, 0.4) is 0 Å². The van der Waals surface area contributed by atoms with Crippen molar-refractivity contribution in [3.05, 3.63) is 30.3 Å². The van der Waals surface area contributed by atoms with Gasteiger partial charge >= 0.3 is 0 Å². The standard InChI is InChI=1S/C20H24O9S/c1-10(21)15(25)16-18(26,11(2)22)20(28,13(4)24)19(27,12(3)23)17(29-16)30-14-8-6-5-7-9-14/h5-9,15-17,25-28H,1-4H3/t15?,16-,17+,18-,19-,20+/m1/s1. The van der Waals surface area contributed by atoms with E-state index in [-0.39, 0.29) is 0 Å². The molecule has 1 unspecified atom stereocenters. The first-order valence-corrected chi connectivity index (χ1v) is 9.90. The van der Waals surface area contributed by atoms with Gasteiger partial charge in [0, 0.05) is 4.90 Å². The number of aliphatic hydroxyl groups is 4. The number of carbonyl (C=O) groups is 4. The third kappa shape index (κ3) is 3.33. The van der Waals surface area contributed by atoms with Gasteiger partial charge in [-0.2, -0.15) is 0 Å². The first kappa shape index (κ1) is 24.3. The fraction of sp³-hybridized carbons (Fsp3) is 0.500. The summed E-state index contributed by atoms with van der Waals surface area (Å²) in [4.78, 5) is 49.9. The van der Waals surface area contributed by atoms with Crippen molar-refractivity contribution in [2.24, 2.45) is 0 Å². The number of aliphatic hydroxyl groups excluding tert-OH is 1. The van der Waals surface area contributed by atoms with Gasteiger partial charge in [-0.05, 0) is 39.8 Å². The van der Waals surface area contributed by atoms with Crippen LogP contribution in [-0.4, -0.2) is 78.0 Å². The third-order valence-electron chi connectivity index (χ3n) is 5.40. The number of hydrogen-bond donors (Lipinski definition) is 4. The van der Waals surface area contributed by atoms with Crippen LogP contribution in [-0.2, 0) is 23.9 Å². The van der Waals surface area contributed by atoms with E-state index in [1.54, 1.807) is 30.3 Å². The van der Waals surface area contributed by atoms with E-state index < -0.39 is 57.6 Å². The van der Waals surface area contributed by atoms with E-state index in [4.69, 9.17) is 4.74 Å². The van der Waals surface area contributed by atoms with Gasteiger partial charge in [0.15, 0.2) is 34.3 Å². The number of hydrogen-bond acceptors (Lipinski definition) is 10. The largest absolute Gasteiger partial charge is 0.382 e. The molecule has 0 bridgehead atoms. The summed E-state index contributed by atoms with van der Waals surface area (Å²) in [5.74, 6) is -4.69. The Morgan fingerprint density at radius 3 is 1.80 bits per heavy atom. The van der Waals surface area contributed by atoms with Crippen LogP contribution < -0.4 is 0 Å². The molecule has 2 rings (SSSR count). The summed E-state index contributed by atoms with van der Waals surface area (Å²) in [6, 6.07) is 8.16. The van der Waals surface area contributed by atoms with E-state index in [9.17, 15) is 39.6 Å². The Balaban J connectivity index is 2.82. The Hall–Kier alpha value is -1.95. The lowest BCUT2D eigenvalue weighted by Gasteiger charge is -2.58. The smallest absolute Gasteiger partial charge is 0.200 e. The second-order valence-electron chi connectivity index (χ2n) is 7.29. The Morgan fingerprint density at radius 1 is 0.900 bits per heavy atom. The number of thioether (sulfide) groups is 1. The van der Waals surface area contributed by atoms with Gasteiger partial charge in [0.05, 0.1) is 0 Å². The summed E-state index contributed by atoms with van der Waals surface area (Å²) >= 11 is 0.715. The second kappa shape index (κ2) is 8.29. The van der Waals surface area contributed by atoms with Crippen molar-refractivity contribution in [1.82, 2.24) is 0 Å². The summed E-state index contributed by atoms with van der Waals surface area (Å²) < 4.78 is 5.55. The lowest BCUT2D eigenvalue weighted by Crippen LogP contribution is -2.86. The molecule has 1 fully saturated rings. The van der Waals surface area contributed by atoms with Gasteiger partial charge in [-0.25, -0.2) is 0 Å². The molecule has 1 aliphatic rings. The van der Waals surface area contributed by atoms with Crippen molar-refractivity contribution in [3.63, 3.8) is 0 Å². The van der Waals surface area contributed by atoms with Crippen molar-refractivity contribution in [2.75, 3.05) is 0 Å². The number of rotatable bonds is 7. The number of Topliss-reactive ketones (excluding diaryl/α,β-unsaturated/α-hetero) is 4. The first-order chi connectivity index (χ1) is 13.8. The molecule has 1 saturated heterocycles. The molecule has 0 amide bonds. The summed E-state index contributed by atoms with van der Waals surface area (Å²) in [5.41, 5.74) is -11.6. The van der Waals surface area contributed by atoms with Crippen molar-refractivity contribution in [1.29, 1.82) is 0 Å². The number of carbonyl (C=O) groups excluding carboxylic acids is 4. The molecule has 4 N–H and O–H groups in total. The van der Waals surface area contributed by atoms with Crippen LogP contribution in [0.5, 0.6) is 0 Å². The van der Waals surface area contributed by atoms with Gasteiger partial charge in [0.25, 0.3) is 0 Å². The van der Waals surface area contributed by atoms with E-state index in [0.717, 1.165) is 27.7 Å². The zero-order valence-electron chi connectivity index (χ0n) is 16.9. The lowest BCUT2D eigenvalue weighted by atomic mass is 9.60. The molecule has 0 saturated carbocycles. The molecule has 0 aliphatic carbocycles. The summed E-state index contributed by atoms with van der Waals surface area (Å²) in [5, 5.41) is 44.3. The van der Waals surface area contributed by atoms with Crippen molar-refractivity contribution in [2.45, 2.75) is 67.0 Å². The molecular weight excluding hydrogens is 416 g/mol. The topological polar surface area (TPSA) is 158 Å². The molecule has 0 radical (unpaired) electrons. The zero-order valence-corrected chi connectivity index (χ0v) is 17.7.